The van der Waals surface area contributed by atoms with Gasteiger partial charge < -0.3 is 9.88 Å². The van der Waals surface area contributed by atoms with E-state index in [-0.39, 0.29) is 0 Å². The van der Waals surface area contributed by atoms with Gasteiger partial charge in [-0.1, -0.05) is 19.1 Å². The van der Waals surface area contributed by atoms with Gasteiger partial charge in [-0.15, -0.1) is 0 Å². The first-order valence-electron chi connectivity index (χ1n) is 6.10. The molecule has 0 unspecified atom stereocenters. The molecule has 3 nitrogen and oxygen atoms in total. The molecule has 1 N–H and O–H groups in total. The number of hydrogen-bond donors (Lipinski definition) is 1. The van der Waals surface area contributed by atoms with Crippen molar-refractivity contribution in [2.45, 2.75) is 26.3 Å². The number of anilines is 1. The second-order valence-electron chi connectivity index (χ2n) is 4.16. The van der Waals surface area contributed by atoms with Crippen LogP contribution in [0.3, 0.4) is 0 Å². The molecule has 0 bridgehead atoms. The molecule has 0 aliphatic heterocycles. The van der Waals surface area contributed by atoms with Gasteiger partial charge in [-0.25, -0.2) is 4.98 Å². The van der Waals surface area contributed by atoms with Crippen LogP contribution in [0.5, 0.6) is 0 Å². The minimum absolute atomic E-state index is 0.891. The van der Waals surface area contributed by atoms with Crippen LogP contribution >= 0.6 is 0 Å². The topological polar surface area (TPSA) is 29.9 Å². The molecule has 1 aromatic carbocycles. The van der Waals surface area contributed by atoms with Gasteiger partial charge in [-0.3, -0.25) is 0 Å². The van der Waals surface area contributed by atoms with Crippen LogP contribution in [0.4, 0.5) is 5.69 Å². The smallest absolute Gasteiger partial charge is 0.113 e. The molecule has 0 aliphatic rings. The van der Waals surface area contributed by atoms with Gasteiger partial charge in [-0.05, 0) is 24.1 Å². The predicted molar refractivity (Wildman–Crippen MR) is 71.3 cm³/mol. The highest BCUT2D eigenvalue weighted by Crippen LogP contribution is 2.13. The maximum atomic E-state index is 4.43. The highest BCUT2D eigenvalue weighted by molar-refractivity contribution is 5.45. The molecular formula is C14H19N3. The molecule has 0 saturated carbocycles. The molecule has 0 radical (unpaired) electrons. The van der Waals surface area contributed by atoms with E-state index in [4.69, 9.17) is 0 Å². The summed E-state index contributed by atoms with van der Waals surface area (Å²) in [7, 11) is 1.94. The van der Waals surface area contributed by atoms with Gasteiger partial charge in [0.15, 0.2) is 0 Å². The van der Waals surface area contributed by atoms with Gasteiger partial charge in [0.05, 0.1) is 0 Å². The van der Waals surface area contributed by atoms with Crippen molar-refractivity contribution in [3.8, 4) is 0 Å². The molecule has 0 amide bonds. The summed E-state index contributed by atoms with van der Waals surface area (Å²) in [4.78, 5) is 4.43. The molecule has 0 atom stereocenters. The SMILES string of the molecule is CCCn1ccnc1Cc1cccc(NC)c1. The Kier molecular flexibility index (Phi) is 3.81. The first kappa shape index (κ1) is 11.7. The number of benzene rings is 1. The van der Waals surface area contributed by atoms with E-state index in [0.717, 1.165) is 30.9 Å². The van der Waals surface area contributed by atoms with E-state index in [1.54, 1.807) is 0 Å². The van der Waals surface area contributed by atoms with Crippen molar-refractivity contribution in [2.24, 2.45) is 0 Å². The van der Waals surface area contributed by atoms with Crippen LogP contribution in [-0.2, 0) is 13.0 Å². The Labute approximate surface area is 103 Å². The van der Waals surface area contributed by atoms with Gasteiger partial charge in [0.25, 0.3) is 0 Å². The summed E-state index contributed by atoms with van der Waals surface area (Å²) in [6.07, 6.45) is 5.97. The molecule has 1 aromatic heterocycles. The Balaban J connectivity index is 2.16. The second kappa shape index (κ2) is 5.53. The average Bonchev–Trinajstić information content (AvgIpc) is 2.78. The minimum Gasteiger partial charge on any atom is -0.388 e. The molecule has 0 fully saturated rings. The molecule has 17 heavy (non-hydrogen) atoms. The van der Waals surface area contributed by atoms with Crippen LogP contribution in [0, 0.1) is 0 Å². The lowest BCUT2D eigenvalue weighted by atomic mass is 10.1. The van der Waals surface area contributed by atoms with Crippen molar-refractivity contribution >= 4 is 5.69 Å². The summed E-state index contributed by atoms with van der Waals surface area (Å²) in [5.41, 5.74) is 2.44. The van der Waals surface area contributed by atoms with Crippen molar-refractivity contribution < 1.29 is 0 Å². The lowest BCUT2D eigenvalue weighted by Gasteiger charge is -2.07. The van der Waals surface area contributed by atoms with Gasteiger partial charge >= 0.3 is 0 Å². The third kappa shape index (κ3) is 2.87. The van der Waals surface area contributed by atoms with Crippen molar-refractivity contribution in [3.63, 3.8) is 0 Å². The van der Waals surface area contributed by atoms with Crippen LogP contribution in [0.25, 0.3) is 0 Å². The zero-order chi connectivity index (χ0) is 12.1. The maximum Gasteiger partial charge on any atom is 0.113 e. The number of hydrogen-bond acceptors (Lipinski definition) is 2. The lowest BCUT2D eigenvalue weighted by molar-refractivity contribution is 0.647. The van der Waals surface area contributed by atoms with E-state index in [2.05, 4.69) is 52.3 Å². The van der Waals surface area contributed by atoms with E-state index in [1.807, 2.05) is 13.2 Å². The summed E-state index contributed by atoms with van der Waals surface area (Å²) >= 11 is 0. The zero-order valence-corrected chi connectivity index (χ0v) is 10.5. The molecule has 90 valence electrons. The third-order valence-corrected chi connectivity index (χ3v) is 2.84. The quantitative estimate of drug-likeness (QED) is 0.854. The highest BCUT2D eigenvalue weighted by atomic mass is 15.1. The molecule has 0 spiro atoms. The Morgan fingerprint density at radius 3 is 3.00 bits per heavy atom. The fourth-order valence-corrected chi connectivity index (χ4v) is 1.97. The Hall–Kier alpha value is -1.77. The lowest BCUT2D eigenvalue weighted by Crippen LogP contribution is -2.03. The van der Waals surface area contributed by atoms with Crippen LogP contribution in [0.2, 0.25) is 0 Å². The third-order valence-electron chi connectivity index (χ3n) is 2.84. The molecule has 2 rings (SSSR count). The maximum absolute atomic E-state index is 4.43. The van der Waals surface area contributed by atoms with E-state index in [1.165, 1.54) is 5.56 Å². The fraction of sp³-hybridized carbons (Fsp3) is 0.357. The van der Waals surface area contributed by atoms with E-state index in [0.29, 0.717) is 0 Å². The number of aromatic nitrogens is 2. The average molecular weight is 229 g/mol. The van der Waals surface area contributed by atoms with Gasteiger partial charge in [0, 0.05) is 38.1 Å². The van der Waals surface area contributed by atoms with Crippen LogP contribution in [0.1, 0.15) is 24.7 Å². The summed E-state index contributed by atoms with van der Waals surface area (Å²) in [5.74, 6) is 1.14. The second-order valence-corrected chi connectivity index (χ2v) is 4.16. The summed E-state index contributed by atoms with van der Waals surface area (Å²) < 4.78 is 2.23. The molecule has 0 aliphatic carbocycles. The molecule has 3 heteroatoms. The van der Waals surface area contributed by atoms with Gasteiger partial charge in [0.1, 0.15) is 5.82 Å². The normalized spacial score (nSPS) is 10.5. The van der Waals surface area contributed by atoms with E-state index in [9.17, 15) is 0 Å². The van der Waals surface area contributed by atoms with Crippen LogP contribution in [-0.4, -0.2) is 16.6 Å². The van der Waals surface area contributed by atoms with Gasteiger partial charge in [-0.2, -0.15) is 0 Å². The predicted octanol–water partition coefficient (Wildman–Crippen LogP) is 2.93. The molecular weight excluding hydrogens is 210 g/mol. The number of nitrogens with zero attached hydrogens (tertiary/aromatic N) is 2. The molecule has 2 aromatic rings. The van der Waals surface area contributed by atoms with Crippen LogP contribution < -0.4 is 5.32 Å². The first-order chi connectivity index (χ1) is 8.33. The standard InChI is InChI=1S/C14H19N3/c1-3-8-17-9-7-16-14(17)11-12-5-4-6-13(10-12)15-2/h4-7,9-10,15H,3,8,11H2,1-2H3. The van der Waals surface area contributed by atoms with Gasteiger partial charge in [0.2, 0.25) is 0 Å². The zero-order valence-electron chi connectivity index (χ0n) is 10.5. The molecule has 1 heterocycles. The Morgan fingerprint density at radius 1 is 1.35 bits per heavy atom. The van der Waals surface area contributed by atoms with E-state index < -0.39 is 0 Å². The monoisotopic (exact) mass is 229 g/mol. The Bertz CT molecular complexity index is 474. The highest BCUT2D eigenvalue weighted by Gasteiger charge is 2.03. The number of imidazole rings is 1. The number of nitrogens with one attached hydrogen (secondary N) is 1. The first-order valence-corrected chi connectivity index (χ1v) is 6.10. The fourth-order valence-electron chi connectivity index (χ4n) is 1.97. The van der Waals surface area contributed by atoms with E-state index >= 15 is 0 Å². The number of aryl methyl sites for hydroxylation is 1. The number of rotatable bonds is 5. The van der Waals surface area contributed by atoms with Crippen molar-refractivity contribution in [1.29, 1.82) is 0 Å². The minimum atomic E-state index is 0.891. The van der Waals surface area contributed by atoms with Crippen molar-refractivity contribution in [1.82, 2.24) is 9.55 Å². The summed E-state index contributed by atoms with van der Waals surface area (Å²) in [5, 5.41) is 3.16. The summed E-state index contributed by atoms with van der Waals surface area (Å²) in [6, 6.07) is 8.47. The van der Waals surface area contributed by atoms with Crippen molar-refractivity contribution in [3.05, 3.63) is 48.0 Å². The largest absolute Gasteiger partial charge is 0.388 e. The summed E-state index contributed by atoms with van der Waals surface area (Å²) in [6.45, 7) is 3.23. The van der Waals surface area contributed by atoms with Crippen LogP contribution in [0.15, 0.2) is 36.7 Å². The van der Waals surface area contributed by atoms with Crippen molar-refractivity contribution in [2.75, 3.05) is 12.4 Å². The Morgan fingerprint density at radius 2 is 2.24 bits per heavy atom. The molecule has 0 saturated heterocycles.